The van der Waals surface area contributed by atoms with Crippen LogP contribution in [0.25, 0.3) is 0 Å². The Hall–Kier alpha value is -1.20. The number of carbonyl (C=O) groups is 1. The van der Waals surface area contributed by atoms with Gasteiger partial charge in [-0.15, -0.1) is 11.3 Å². The summed E-state index contributed by atoms with van der Waals surface area (Å²) in [6, 6.07) is 11.9. The molecule has 1 fully saturated rings. The number of piperazine rings is 1. The van der Waals surface area contributed by atoms with Crippen LogP contribution in [0.5, 0.6) is 0 Å². The van der Waals surface area contributed by atoms with Crippen LogP contribution in [0.4, 0.5) is 0 Å². The van der Waals surface area contributed by atoms with Crippen molar-refractivity contribution in [1.29, 1.82) is 0 Å². The van der Waals surface area contributed by atoms with Crippen LogP contribution in [0.3, 0.4) is 0 Å². The summed E-state index contributed by atoms with van der Waals surface area (Å²) in [7, 11) is 0. The van der Waals surface area contributed by atoms with Gasteiger partial charge in [0.25, 0.3) is 0 Å². The number of benzene rings is 1. The Balaban J connectivity index is 1.47. The topological polar surface area (TPSA) is 23.6 Å². The minimum absolute atomic E-state index is 0.235. The van der Waals surface area contributed by atoms with Gasteiger partial charge in [-0.2, -0.15) is 0 Å². The molecular formula is C17H19ClN2OS. The number of nitrogens with zero attached hydrogens (tertiary/aromatic N) is 2. The van der Waals surface area contributed by atoms with Crippen molar-refractivity contribution in [3.63, 3.8) is 0 Å². The van der Waals surface area contributed by atoms with Gasteiger partial charge in [-0.3, -0.25) is 14.6 Å². The Labute approximate surface area is 140 Å². The van der Waals surface area contributed by atoms with Gasteiger partial charge >= 0.3 is 0 Å². The first-order chi connectivity index (χ1) is 10.7. The Bertz CT molecular complexity index is 621. The van der Waals surface area contributed by atoms with Crippen molar-refractivity contribution < 1.29 is 4.79 Å². The maximum absolute atomic E-state index is 12.1. The zero-order chi connectivity index (χ0) is 15.4. The van der Waals surface area contributed by atoms with Crippen LogP contribution >= 0.6 is 22.9 Å². The molecule has 3 rings (SSSR count). The van der Waals surface area contributed by atoms with E-state index in [9.17, 15) is 4.79 Å². The number of ketones is 1. The summed E-state index contributed by atoms with van der Waals surface area (Å²) in [5.41, 5.74) is 1.25. The molecule has 2 aromatic rings. The van der Waals surface area contributed by atoms with Crippen molar-refractivity contribution in [3.05, 3.63) is 57.2 Å². The quantitative estimate of drug-likeness (QED) is 0.783. The van der Waals surface area contributed by atoms with E-state index in [2.05, 4.69) is 15.9 Å². The highest BCUT2D eigenvalue weighted by molar-refractivity contribution is 7.12. The van der Waals surface area contributed by atoms with Gasteiger partial charge in [-0.1, -0.05) is 29.8 Å². The minimum atomic E-state index is 0.235. The number of rotatable bonds is 5. The van der Waals surface area contributed by atoms with E-state index in [0.29, 0.717) is 6.54 Å². The van der Waals surface area contributed by atoms with E-state index in [1.165, 1.54) is 16.9 Å². The van der Waals surface area contributed by atoms with Crippen LogP contribution in [0.1, 0.15) is 15.2 Å². The second kappa shape index (κ2) is 7.38. The number of hydrogen-bond donors (Lipinski definition) is 0. The summed E-state index contributed by atoms with van der Waals surface area (Å²) in [5, 5.41) is 2.74. The molecule has 3 nitrogen and oxygen atoms in total. The number of thiophene rings is 1. The first kappa shape index (κ1) is 15.7. The molecule has 1 aromatic carbocycles. The van der Waals surface area contributed by atoms with E-state index in [1.54, 1.807) is 0 Å². The van der Waals surface area contributed by atoms with Crippen LogP contribution in [-0.2, 0) is 6.54 Å². The summed E-state index contributed by atoms with van der Waals surface area (Å²) in [5.74, 6) is 0.235. The lowest BCUT2D eigenvalue weighted by Gasteiger charge is -2.34. The third kappa shape index (κ3) is 4.17. The van der Waals surface area contributed by atoms with Gasteiger partial charge in [0.1, 0.15) is 0 Å². The van der Waals surface area contributed by atoms with Crippen LogP contribution < -0.4 is 0 Å². The summed E-state index contributed by atoms with van der Waals surface area (Å²) < 4.78 is 0. The van der Waals surface area contributed by atoms with Crippen LogP contribution in [0.15, 0.2) is 41.8 Å². The molecule has 0 saturated carbocycles. The molecule has 0 aliphatic carbocycles. The summed E-state index contributed by atoms with van der Waals surface area (Å²) in [6.07, 6.45) is 0. The average molecular weight is 335 g/mol. The molecule has 0 amide bonds. The monoisotopic (exact) mass is 334 g/mol. The molecule has 5 heteroatoms. The van der Waals surface area contributed by atoms with Gasteiger partial charge in [0.2, 0.25) is 0 Å². The van der Waals surface area contributed by atoms with Crippen molar-refractivity contribution in [3.8, 4) is 0 Å². The molecular weight excluding hydrogens is 316 g/mol. The lowest BCUT2D eigenvalue weighted by Crippen LogP contribution is -2.47. The average Bonchev–Trinajstić information content (AvgIpc) is 3.04. The molecule has 116 valence electrons. The predicted molar refractivity (Wildman–Crippen MR) is 91.8 cm³/mol. The Kier molecular flexibility index (Phi) is 5.26. The van der Waals surface area contributed by atoms with E-state index < -0.39 is 0 Å². The van der Waals surface area contributed by atoms with Gasteiger partial charge in [0.05, 0.1) is 11.4 Å². The molecule has 0 atom stereocenters. The fourth-order valence-corrected chi connectivity index (χ4v) is 3.59. The Morgan fingerprint density at radius 3 is 2.55 bits per heavy atom. The molecule has 22 heavy (non-hydrogen) atoms. The zero-order valence-corrected chi connectivity index (χ0v) is 13.9. The van der Waals surface area contributed by atoms with Gasteiger partial charge in [0.15, 0.2) is 5.78 Å². The van der Waals surface area contributed by atoms with Crippen LogP contribution in [-0.4, -0.2) is 48.3 Å². The van der Waals surface area contributed by atoms with E-state index >= 15 is 0 Å². The highest BCUT2D eigenvalue weighted by Gasteiger charge is 2.19. The van der Waals surface area contributed by atoms with Crippen molar-refractivity contribution in [2.75, 3.05) is 32.7 Å². The molecule has 1 aliphatic heterocycles. The maximum atomic E-state index is 12.1. The number of Topliss-reactive ketones (excluding diaryl/α,β-unsaturated/α-hetero) is 1. The second-order valence-corrected chi connectivity index (χ2v) is 6.97. The molecule has 1 aliphatic rings. The molecule has 2 heterocycles. The first-order valence-electron chi connectivity index (χ1n) is 7.46. The zero-order valence-electron chi connectivity index (χ0n) is 12.4. The van der Waals surface area contributed by atoms with E-state index in [1.807, 2.05) is 35.7 Å². The molecule has 0 radical (unpaired) electrons. The molecule has 0 N–H and O–H groups in total. The van der Waals surface area contributed by atoms with Crippen molar-refractivity contribution in [2.45, 2.75) is 6.54 Å². The van der Waals surface area contributed by atoms with E-state index in [-0.39, 0.29) is 5.78 Å². The lowest BCUT2D eigenvalue weighted by molar-refractivity contribution is 0.0847. The number of hydrogen-bond acceptors (Lipinski definition) is 4. The van der Waals surface area contributed by atoms with Gasteiger partial charge in [0, 0.05) is 37.7 Å². The van der Waals surface area contributed by atoms with Crippen LogP contribution in [0, 0.1) is 0 Å². The third-order valence-corrected chi connectivity index (χ3v) is 5.07. The van der Waals surface area contributed by atoms with Gasteiger partial charge in [-0.05, 0) is 29.1 Å². The molecule has 1 saturated heterocycles. The smallest absolute Gasteiger partial charge is 0.186 e. The van der Waals surface area contributed by atoms with Gasteiger partial charge in [-0.25, -0.2) is 0 Å². The fourth-order valence-electron chi connectivity index (χ4n) is 2.72. The largest absolute Gasteiger partial charge is 0.297 e. The standard InChI is InChI=1S/C17H19ClN2OS/c18-15-4-1-3-14(11-15)12-19-6-8-20(9-7-19)13-16(21)17-5-2-10-22-17/h1-5,10-11H,6-9,12-13H2. The summed E-state index contributed by atoms with van der Waals surface area (Å²) >= 11 is 7.55. The normalized spacial score (nSPS) is 16.8. The lowest BCUT2D eigenvalue weighted by atomic mass is 10.2. The number of carbonyl (C=O) groups excluding carboxylic acids is 1. The Morgan fingerprint density at radius 2 is 1.86 bits per heavy atom. The first-order valence-corrected chi connectivity index (χ1v) is 8.72. The maximum Gasteiger partial charge on any atom is 0.186 e. The van der Waals surface area contributed by atoms with Gasteiger partial charge < -0.3 is 0 Å². The summed E-state index contributed by atoms with van der Waals surface area (Å²) in [4.78, 5) is 17.6. The Morgan fingerprint density at radius 1 is 1.09 bits per heavy atom. The molecule has 0 unspecified atom stereocenters. The number of halogens is 1. The van der Waals surface area contributed by atoms with Crippen molar-refractivity contribution in [2.24, 2.45) is 0 Å². The third-order valence-electron chi connectivity index (χ3n) is 3.92. The van der Waals surface area contributed by atoms with E-state index in [0.717, 1.165) is 42.6 Å². The fraction of sp³-hybridized carbons (Fsp3) is 0.353. The second-order valence-electron chi connectivity index (χ2n) is 5.58. The minimum Gasteiger partial charge on any atom is -0.297 e. The molecule has 0 bridgehead atoms. The summed E-state index contributed by atoms with van der Waals surface area (Å²) in [6.45, 7) is 5.32. The molecule has 1 aromatic heterocycles. The van der Waals surface area contributed by atoms with Crippen molar-refractivity contribution in [1.82, 2.24) is 9.80 Å². The van der Waals surface area contributed by atoms with Crippen LogP contribution in [0.2, 0.25) is 5.02 Å². The molecule has 0 spiro atoms. The SMILES string of the molecule is O=C(CN1CCN(Cc2cccc(Cl)c2)CC1)c1cccs1. The van der Waals surface area contributed by atoms with E-state index in [4.69, 9.17) is 11.6 Å². The highest BCUT2D eigenvalue weighted by atomic mass is 35.5. The highest BCUT2D eigenvalue weighted by Crippen LogP contribution is 2.15. The van der Waals surface area contributed by atoms with Crippen molar-refractivity contribution >= 4 is 28.7 Å². The predicted octanol–water partition coefficient (Wildman–Crippen LogP) is 3.40.